The molecule has 0 radical (unpaired) electrons. The van der Waals surface area contributed by atoms with Gasteiger partial charge >= 0.3 is 0 Å². The van der Waals surface area contributed by atoms with Crippen LogP contribution in [0, 0.1) is 5.92 Å². The predicted octanol–water partition coefficient (Wildman–Crippen LogP) is 3.46. The number of anilines is 1. The van der Waals surface area contributed by atoms with E-state index in [9.17, 15) is 8.42 Å². The second kappa shape index (κ2) is 6.32. The van der Waals surface area contributed by atoms with Crippen LogP contribution in [0.5, 0.6) is 0 Å². The molecule has 4 nitrogen and oxygen atoms in total. The Kier molecular flexibility index (Phi) is 4.39. The zero-order valence-corrected chi connectivity index (χ0v) is 14.3. The molecule has 0 aliphatic carbocycles. The first-order chi connectivity index (χ1) is 11.0. The normalized spacial score (nSPS) is 21.6. The Morgan fingerprint density at radius 2 is 1.96 bits per heavy atom. The van der Waals surface area contributed by atoms with Crippen LogP contribution < -0.4 is 4.90 Å². The van der Waals surface area contributed by atoms with Gasteiger partial charge in [-0.15, -0.1) is 0 Å². The van der Waals surface area contributed by atoms with Crippen molar-refractivity contribution in [1.29, 1.82) is 0 Å². The highest BCUT2D eigenvalue weighted by Crippen LogP contribution is 2.38. The van der Waals surface area contributed by atoms with Gasteiger partial charge in [-0.1, -0.05) is 19.9 Å². The smallest absolute Gasteiger partial charge is 0.178 e. The van der Waals surface area contributed by atoms with Crippen molar-refractivity contribution in [2.75, 3.05) is 17.2 Å². The SMILES string of the molecule is CCS(=O)(=O)c1ccc(N2C[C@@H](C)C[C@@H]2c2cccnc2)cc1. The summed E-state index contributed by atoms with van der Waals surface area (Å²) in [6.45, 7) is 4.89. The van der Waals surface area contributed by atoms with Gasteiger partial charge in [-0.05, 0) is 48.2 Å². The largest absolute Gasteiger partial charge is 0.364 e. The van der Waals surface area contributed by atoms with Crippen LogP contribution in [-0.4, -0.2) is 25.7 Å². The molecular formula is C18H22N2O2S. The lowest BCUT2D eigenvalue weighted by Gasteiger charge is -2.27. The van der Waals surface area contributed by atoms with Crippen molar-refractivity contribution in [3.8, 4) is 0 Å². The Hall–Kier alpha value is -1.88. The van der Waals surface area contributed by atoms with Gasteiger partial charge in [-0.25, -0.2) is 8.42 Å². The van der Waals surface area contributed by atoms with Gasteiger partial charge in [-0.3, -0.25) is 4.98 Å². The molecule has 2 aromatic rings. The average molecular weight is 330 g/mol. The molecule has 122 valence electrons. The number of pyridine rings is 1. The highest BCUT2D eigenvalue weighted by atomic mass is 32.2. The van der Waals surface area contributed by atoms with Crippen molar-refractivity contribution in [3.63, 3.8) is 0 Å². The summed E-state index contributed by atoms with van der Waals surface area (Å²) in [4.78, 5) is 6.98. The van der Waals surface area contributed by atoms with Gasteiger partial charge < -0.3 is 4.90 Å². The molecule has 0 bridgehead atoms. The number of aromatic nitrogens is 1. The summed E-state index contributed by atoms with van der Waals surface area (Å²) >= 11 is 0. The van der Waals surface area contributed by atoms with Gasteiger partial charge in [0.15, 0.2) is 9.84 Å². The topological polar surface area (TPSA) is 50.3 Å². The first kappa shape index (κ1) is 16.0. The minimum Gasteiger partial charge on any atom is -0.364 e. The molecule has 2 heterocycles. The Bertz CT molecular complexity index is 757. The van der Waals surface area contributed by atoms with Crippen LogP contribution in [0.4, 0.5) is 5.69 Å². The fourth-order valence-electron chi connectivity index (χ4n) is 3.23. The van der Waals surface area contributed by atoms with Crippen molar-refractivity contribution in [2.24, 2.45) is 5.92 Å². The first-order valence-corrected chi connectivity index (χ1v) is 9.66. The van der Waals surface area contributed by atoms with Crippen LogP contribution in [0.1, 0.15) is 31.9 Å². The van der Waals surface area contributed by atoms with Crippen molar-refractivity contribution >= 4 is 15.5 Å². The van der Waals surface area contributed by atoms with E-state index in [2.05, 4.69) is 22.9 Å². The second-order valence-corrected chi connectivity index (χ2v) is 8.47. The quantitative estimate of drug-likeness (QED) is 0.861. The van der Waals surface area contributed by atoms with E-state index in [1.165, 1.54) is 5.56 Å². The maximum absolute atomic E-state index is 11.9. The van der Waals surface area contributed by atoms with E-state index in [0.29, 0.717) is 16.9 Å². The van der Waals surface area contributed by atoms with E-state index in [4.69, 9.17) is 0 Å². The fraction of sp³-hybridized carbons (Fsp3) is 0.389. The Morgan fingerprint density at radius 3 is 2.57 bits per heavy atom. The predicted molar refractivity (Wildman–Crippen MR) is 92.3 cm³/mol. The highest BCUT2D eigenvalue weighted by molar-refractivity contribution is 7.91. The highest BCUT2D eigenvalue weighted by Gasteiger charge is 2.31. The number of hydrogen-bond acceptors (Lipinski definition) is 4. The van der Waals surface area contributed by atoms with Crippen LogP contribution >= 0.6 is 0 Å². The Labute approximate surface area is 138 Å². The number of rotatable bonds is 4. The molecule has 0 N–H and O–H groups in total. The minimum absolute atomic E-state index is 0.130. The van der Waals surface area contributed by atoms with Crippen LogP contribution in [0.2, 0.25) is 0 Å². The summed E-state index contributed by atoms with van der Waals surface area (Å²) in [6, 6.07) is 11.7. The third-order valence-electron chi connectivity index (χ3n) is 4.49. The van der Waals surface area contributed by atoms with Gasteiger partial charge in [0, 0.05) is 24.6 Å². The number of nitrogens with zero attached hydrogens (tertiary/aromatic N) is 2. The molecule has 0 unspecified atom stereocenters. The van der Waals surface area contributed by atoms with Crippen molar-refractivity contribution in [3.05, 3.63) is 54.4 Å². The van der Waals surface area contributed by atoms with Gasteiger partial charge in [-0.2, -0.15) is 0 Å². The lowest BCUT2D eigenvalue weighted by atomic mass is 10.0. The molecule has 3 rings (SSSR count). The molecule has 1 saturated heterocycles. The van der Waals surface area contributed by atoms with Crippen molar-refractivity contribution < 1.29 is 8.42 Å². The maximum Gasteiger partial charge on any atom is 0.178 e. The number of hydrogen-bond donors (Lipinski definition) is 0. The average Bonchev–Trinajstić information content (AvgIpc) is 2.98. The Morgan fingerprint density at radius 1 is 1.22 bits per heavy atom. The van der Waals surface area contributed by atoms with Crippen LogP contribution in [0.3, 0.4) is 0 Å². The summed E-state index contributed by atoms with van der Waals surface area (Å²) in [5.74, 6) is 0.727. The summed E-state index contributed by atoms with van der Waals surface area (Å²) in [5, 5.41) is 0. The summed E-state index contributed by atoms with van der Waals surface area (Å²) in [7, 11) is -3.14. The molecule has 1 aromatic carbocycles. The molecule has 23 heavy (non-hydrogen) atoms. The zero-order valence-electron chi connectivity index (χ0n) is 13.5. The van der Waals surface area contributed by atoms with E-state index in [-0.39, 0.29) is 5.75 Å². The van der Waals surface area contributed by atoms with Gasteiger partial charge in [0.25, 0.3) is 0 Å². The first-order valence-electron chi connectivity index (χ1n) is 8.00. The molecule has 1 aliphatic rings. The molecule has 1 aromatic heterocycles. The Balaban J connectivity index is 1.90. The minimum atomic E-state index is -3.14. The number of sulfone groups is 1. The zero-order chi connectivity index (χ0) is 16.4. The molecule has 0 saturated carbocycles. The van der Waals surface area contributed by atoms with Gasteiger partial charge in [0.2, 0.25) is 0 Å². The maximum atomic E-state index is 11.9. The van der Waals surface area contributed by atoms with E-state index >= 15 is 0 Å². The lowest BCUT2D eigenvalue weighted by Crippen LogP contribution is -2.23. The molecule has 1 aliphatic heterocycles. The summed E-state index contributed by atoms with van der Waals surface area (Å²) < 4.78 is 23.9. The standard InChI is InChI=1S/C18H22N2O2S/c1-3-23(21,22)17-8-6-16(7-9-17)20-13-14(2)11-18(20)15-5-4-10-19-12-15/h4-10,12,14,18H,3,11,13H2,1-2H3/t14-,18+/m0/s1. The van der Waals surface area contributed by atoms with E-state index in [1.807, 2.05) is 24.4 Å². The van der Waals surface area contributed by atoms with E-state index < -0.39 is 9.84 Å². The van der Waals surface area contributed by atoms with E-state index in [1.54, 1.807) is 25.3 Å². The van der Waals surface area contributed by atoms with Gasteiger partial charge in [0.1, 0.15) is 0 Å². The van der Waals surface area contributed by atoms with Crippen molar-refractivity contribution in [2.45, 2.75) is 31.2 Å². The molecule has 0 spiro atoms. The van der Waals surface area contributed by atoms with Crippen LogP contribution in [-0.2, 0) is 9.84 Å². The van der Waals surface area contributed by atoms with Crippen molar-refractivity contribution in [1.82, 2.24) is 4.98 Å². The third kappa shape index (κ3) is 3.24. The lowest BCUT2D eigenvalue weighted by molar-refractivity contribution is 0.597. The monoisotopic (exact) mass is 330 g/mol. The molecule has 5 heteroatoms. The summed E-state index contributed by atoms with van der Waals surface area (Å²) in [6.07, 6.45) is 4.79. The molecular weight excluding hydrogens is 308 g/mol. The fourth-order valence-corrected chi connectivity index (χ4v) is 4.12. The van der Waals surface area contributed by atoms with Crippen LogP contribution in [0.25, 0.3) is 0 Å². The molecule has 1 fully saturated rings. The van der Waals surface area contributed by atoms with Crippen LogP contribution in [0.15, 0.2) is 53.7 Å². The van der Waals surface area contributed by atoms with E-state index in [0.717, 1.165) is 18.7 Å². The number of benzene rings is 1. The summed E-state index contributed by atoms with van der Waals surface area (Å²) in [5.41, 5.74) is 2.28. The molecule has 0 amide bonds. The second-order valence-electron chi connectivity index (χ2n) is 6.19. The third-order valence-corrected chi connectivity index (χ3v) is 6.24. The van der Waals surface area contributed by atoms with Gasteiger partial charge in [0.05, 0.1) is 16.7 Å². The molecule has 2 atom stereocenters.